The molecule has 8 nitrogen and oxygen atoms in total. The summed E-state index contributed by atoms with van der Waals surface area (Å²) in [6.07, 6.45) is 0.977. The third kappa shape index (κ3) is 8.73. The number of nitrogens with zero attached hydrogens (tertiary/aromatic N) is 2. The molecule has 1 unspecified atom stereocenters. The lowest BCUT2D eigenvalue weighted by molar-refractivity contribution is -0.140. The maximum Gasteiger partial charge on any atom is 0.264 e. The zero-order chi connectivity index (χ0) is 32.4. The first kappa shape index (κ1) is 33.3. The van der Waals surface area contributed by atoms with Crippen molar-refractivity contribution in [2.75, 3.05) is 24.5 Å². The quantitative estimate of drug-likeness (QED) is 0.194. The molecule has 0 fully saturated rings. The highest BCUT2D eigenvalue weighted by molar-refractivity contribution is 7.92. The van der Waals surface area contributed by atoms with Crippen molar-refractivity contribution in [2.24, 2.45) is 0 Å². The first-order chi connectivity index (χ1) is 21.6. The second-order valence-corrected chi connectivity index (χ2v) is 12.9. The number of amides is 2. The van der Waals surface area contributed by atoms with Crippen LogP contribution in [0.5, 0.6) is 5.75 Å². The fraction of sp³-hybridized carbons (Fsp3) is 0.278. The average Bonchev–Trinajstić information content (AvgIpc) is 3.04. The maximum absolute atomic E-state index is 14.6. The highest BCUT2D eigenvalue weighted by Crippen LogP contribution is 2.27. The van der Waals surface area contributed by atoms with Crippen molar-refractivity contribution in [1.82, 2.24) is 10.2 Å². The van der Waals surface area contributed by atoms with Crippen molar-refractivity contribution in [3.63, 3.8) is 0 Å². The minimum atomic E-state index is -4.15. The van der Waals surface area contributed by atoms with Crippen LogP contribution in [0.3, 0.4) is 0 Å². The van der Waals surface area contributed by atoms with Gasteiger partial charge >= 0.3 is 0 Å². The lowest BCUT2D eigenvalue weighted by Crippen LogP contribution is -2.53. The number of hydrogen-bond acceptors (Lipinski definition) is 5. The summed E-state index contributed by atoms with van der Waals surface area (Å²) in [4.78, 5) is 29.9. The van der Waals surface area contributed by atoms with Crippen molar-refractivity contribution in [3.8, 4) is 5.75 Å². The summed E-state index contributed by atoms with van der Waals surface area (Å²) in [7, 11) is -2.59. The molecule has 9 heteroatoms. The van der Waals surface area contributed by atoms with E-state index in [2.05, 4.69) is 5.32 Å². The Kier molecular flexibility index (Phi) is 11.4. The van der Waals surface area contributed by atoms with Gasteiger partial charge in [0.15, 0.2) is 0 Å². The fourth-order valence-electron chi connectivity index (χ4n) is 5.23. The zero-order valence-corrected chi connectivity index (χ0v) is 27.1. The van der Waals surface area contributed by atoms with Crippen LogP contribution in [0.15, 0.2) is 108 Å². The number of anilines is 1. The molecule has 0 bridgehead atoms. The standard InChI is InChI=1S/C36H41N3O5S/c1-5-19-37-36(41)34(24-29-13-8-6-9-14-29)38(25-30-15-12-16-32(23-30)44-4)35(40)26-39(31-21-27(2)20-28(3)22-31)45(42,43)33-17-10-7-11-18-33/h6-18,20-23,34H,5,19,24-26H2,1-4H3,(H,37,41). The van der Waals surface area contributed by atoms with Crippen LogP contribution in [0, 0.1) is 13.8 Å². The predicted molar refractivity (Wildman–Crippen MR) is 178 cm³/mol. The number of nitrogens with one attached hydrogen (secondary N) is 1. The third-order valence-corrected chi connectivity index (χ3v) is 9.20. The van der Waals surface area contributed by atoms with Gasteiger partial charge in [0.1, 0.15) is 18.3 Å². The van der Waals surface area contributed by atoms with Gasteiger partial charge in [0.25, 0.3) is 10.0 Å². The van der Waals surface area contributed by atoms with Crippen molar-refractivity contribution < 1.29 is 22.7 Å². The van der Waals surface area contributed by atoms with Crippen molar-refractivity contribution >= 4 is 27.5 Å². The van der Waals surface area contributed by atoms with Gasteiger partial charge < -0.3 is 15.0 Å². The molecular formula is C36H41N3O5S. The number of sulfonamides is 1. The minimum absolute atomic E-state index is 0.0674. The Bertz CT molecular complexity index is 1670. The number of aryl methyl sites for hydroxylation is 2. The van der Waals surface area contributed by atoms with Crippen LogP contribution >= 0.6 is 0 Å². The summed E-state index contributed by atoms with van der Waals surface area (Å²) >= 11 is 0. The molecule has 236 valence electrons. The van der Waals surface area contributed by atoms with Crippen LogP contribution in [0.2, 0.25) is 0 Å². The molecule has 0 saturated heterocycles. The van der Waals surface area contributed by atoms with Gasteiger partial charge in [0, 0.05) is 19.5 Å². The van der Waals surface area contributed by atoms with Crippen LogP contribution in [-0.2, 0) is 32.6 Å². The molecule has 4 aromatic carbocycles. The van der Waals surface area contributed by atoms with E-state index in [4.69, 9.17) is 4.74 Å². The monoisotopic (exact) mass is 627 g/mol. The Balaban J connectivity index is 1.82. The number of hydrogen-bond donors (Lipinski definition) is 1. The Morgan fingerprint density at radius 1 is 0.822 bits per heavy atom. The maximum atomic E-state index is 14.6. The largest absolute Gasteiger partial charge is 0.497 e. The Morgan fingerprint density at radius 3 is 2.07 bits per heavy atom. The number of methoxy groups -OCH3 is 1. The number of benzene rings is 4. The number of ether oxygens (including phenoxy) is 1. The second kappa shape index (κ2) is 15.4. The predicted octanol–water partition coefficient (Wildman–Crippen LogP) is 5.67. The van der Waals surface area contributed by atoms with Crippen LogP contribution in [0.1, 0.15) is 35.6 Å². The fourth-order valence-corrected chi connectivity index (χ4v) is 6.65. The molecule has 4 rings (SSSR count). The summed E-state index contributed by atoms with van der Waals surface area (Å²) in [5, 5.41) is 2.96. The topological polar surface area (TPSA) is 96.0 Å². The summed E-state index contributed by atoms with van der Waals surface area (Å²) in [5.74, 6) is -0.205. The molecule has 0 heterocycles. The molecule has 0 radical (unpaired) electrons. The van der Waals surface area contributed by atoms with Crippen molar-refractivity contribution in [1.29, 1.82) is 0 Å². The van der Waals surface area contributed by atoms with Gasteiger partial charge in [0.05, 0.1) is 17.7 Å². The molecule has 2 amide bonds. The van der Waals surface area contributed by atoms with E-state index in [1.165, 1.54) is 17.0 Å². The SMILES string of the molecule is CCCNC(=O)C(Cc1ccccc1)N(Cc1cccc(OC)c1)C(=O)CN(c1cc(C)cc(C)c1)S(=O)(=O)c1ccccc1. The van der Waals surface area contributed by atoms with E-state index in [0.29, 0.717) is 18.0 Å². The van der Waals surface area contributed by atoms with Gasteiger partial charge in [-0.2, -0.15) is 0 Å². The third-order valence-electron chi connectivity index (χ3n) is 7.41. The van der Waals surface area contributed by atoms with Gasteiger partial charge in [-0.3, -0.25) is 13.9 Å². The van der Waals surface area contributed by atoms with Gasteiger partial charge in [-0.25, -0.2) is 8.42 Å². The van der Waals surface area contributed by atoms with E-state index in [1.54, 1.807) is 43.5 Å². The molecular weight excluding hydrogens is 586 g/mol. The summed E-state index contributed by atoms with van der Waals surface area (Å²) < 4.78 is 34.9. The Morgan fingerprint density at radius 2 is 1.44 bits per heavy atom. The highest BCUT2D eigenvalue weighted by atomic mass is 32.2. The lowest BCUT2D eigenvalue weighted by Gasteiger charge is -2.34. The molecule has 0 aliphatic rings. The molecule has 1 atom stereocenters. The van der Waals surface area contributed by atoms with E-state index in [-0.39, 0.29) is 23.8 Å². The van der Waals surface area contributed by atoms with Gasteiger partial charge in [-0.05, 0) is 78.9 Å². The lowest BCUT2D eigenvalue weighted by atomic mass is 10.0. The van der Waals surface area contributed by atoms with Crippen molar-refractivity contribution in [2.45, 2.75) is 51.1 Å². The number of rotatable bonds is 14. The Hall–Kier alpha value is -4.63. The number of carbonyl (C=O) groups is 2. The normalized spacial score (nSPS) is 11.8. The van der Waals surface area contributed by atoms with Crippen molar-refractivity contribution in [3.05, 3.63) is 125 Å². The molecule has 0 saturated carbocycles. The van der Waals surface area contributed by atoms with Crippen LogP contribution in [0.25, 0.3) is 0 Å². The molecule has 0 aliphatic heterocycles. The molecule has 0 aliphatic carbocycles. The summed E-state index contributed by atoms with van der Waals surface area (Å²) in [6.45, 7) is 5.74. The van der Waals surface area contributed by atoms with E-state index in [9.17, 15) is 18.0 Å². The number of carbonyl (C=O) groups excluding carboxylic acids is 2. The highest BCUT2D eigenvalue weighted by Gasteiger charge is 2.34. The van der Waals surface area contributed by atoms with Crippen LogP contribution < -0.4 is 14.4 Å². The van der Waals surface area contributed by atoms with E-state index in [0.717, 1.165) is 33.0 Å². The molecule has 0 aromatic heterocycles. The molecule has 0 spiro atoms. The van der Waals surface area contributed by atoms with Crippen LogP contribution in [0.4, 0.5) is 5.69 Å². The zero-order valence-electron chi connectivity index (χ0n) is 26.3. The second-order valence-electron chi connectivity index (χ2n) is 11.0. The average molecular weight is 628 g/mol. The van der Waals surface area contributed by atoms with Gasteiger partial charge in [-0.1, -0.05) is 73.7 Å². The Labute approximate surface area is 266 Å². The molecule has 4 aromatic rings. The van der Waals surface area contributed by atoms with E-state index < -0.39 is 28.5 Å². The van der Waals surface area contributed by atoms with E-state index >= 15 is 0 Å². The molecule has 45 heavy (non-hydrogen) atoms. The van der Waals surface area contributed by atoms with Crippen LogP contribution in [-0.4, -0.2) is 51.4 Å². The first-order valence-corrected chi connectivity index (χ1v) is 16.5. The first-order valence-electron chi connectivity index (χ1n) is 15.0. The van der Waals surface area contributed by atoms with E-state index in [1.807, 2.05) is 75.4 Å². The smallest absolute Gasteiger partial charge is 0.264 e. The molecule has 1 N–H and O–H groups in total. The van der Waals surface area contributed by atoms with Gasteiger partial charge in [0.2, 0.25) is 11.8 Å². The summed E-state index contributed by atoms with van der Waals surface area (Å²) in [6, 6.07) is 29.4. The summed E-state index contributed by atoms with van der Waals surface area (Å²) in [5.41, 5.74) is 3.72. The van der Waals surface area contributed by atoms with Gasteiger partial charge in [-0.15, -0.1) is 0 Å². The minimum Gasteiger partial charge on any atom is -0.497 e.